The molecule has 2 atom stereocenters. The van der Waals surface area contributed by atoms with Gasteiger partial charge in [0, 0.05) is 11.5 Å². The summed E-state index contributed by atoms with van der Waals surface area (Å²) in [5.74, 6) is 1.70. The molecule has 0 radical (unpaired) electrons. The Labute approximate surface area is 163 Å². The summed E-state index contributed by atoms with van der Waals surface area (Å²) in [6.07, 6.45) is 4.18. The van der Waals surface area contributed by atoms with E-state index in [1.54, 1.807) is 7.11 Å². The van der Waals surface area contributed by atoms with Gasteiger partial charge in [-0.3, -0.25) is 9.69 Å². The quantitative estimate of drug-likeness (QED) is 0.698. The Balaban J connectivity index is 1.65. The van der Waals surface area contributed by atoms with Gasteiger partial charge in [0.05, 0.1) is 19.2 Å². The minimum atomic E-state index is -0.0825. The number of para-hydroxylation sites is 1. The van der Waals surface area contributed by atoms with Crippen LogP contribution in [0.25, 0.3) is 0 Å². The van der Waals surface area contributed by atoms with Crippen molar-refractivity contribution in [1.82, 2.24) is 14.8 Å². The van der Waals surface area contributed by atoms with Crippen LogP contribution in [0.5, 0.6) is 5.75 Å². The largest absolute Gasteiger partial charge is 0.496 e. The molecule has 0 bridgehead atoms. The Hall–Kier alpha value is -3.15. The first-order valence-electron chi connectivity index (χ1n) is 9.68. The molecule has 1 amide bonds. The van der Waals surface area contributed by atoms with Crippen molar-refractivity contribution in [3.63, 3.8) is 0 Å². The monoisotopic (exact) mass is 374 g/mol. The number of methoxy groups -OCH3 is 1. The van der Waals surface area contributed by atoms with E-state index in [0.717, 1.165) is 36.1 Å². The van der Waals surface area contributed by atoms with Gasteiger partial charge in [-0.25, -0.2) is 4.68 Å². The third kappa shape index (κ3) is 2.76. The molecular formula is C22H22N4O2. The molecule has 2 heterocycles. The summed E-state index contributed by atoms with van der Waals surface area (Å²) >= 11 is 0. The lowest BCUT2D eigenvalue weighted by Crippen LogP contribution is -2.43. The number of aromatic nitrogens is 3. The average molecular weight is 374 g/mol. The fraction of sp³-hybridized carbons (Fsp3) is 0.318. The number of carbonyl (C=O) groups is 1. The zero-order valence-corrected chi connectivity index (χ0v) is 15.7. The van der Waals surface area contributed by atoms with Crippen LogP contribution in [-0.2, 0) is 4.79 Å². The lowest BCUT2D eigenvalue weighted by molar-refractivity contribution is -0.120. The highest BCUT2D eigenvalue weighted by Crippen LogP contribution is 2.46. The van der Waals surface area contributed by atoms with Crippen LogP contribution in [0.3, 0.4) is 0 Å². The molecule has 0 N–H and O–H groups in total. The first kappa shape index (κ1) is 17.0. The molecule has 142 valence electrons. The van der Waals surface area contributed by atoms with Crippen molar-refractivity contribution < 1.29 is 9.53 Å². The van der Waals surface area contributed by atoms with Crippen molar-refractivity contribution >= 4 is 11.9 Å². The standard InChI is InChI=1S/C22H22N4O2/c1-28-20-10-6-5-9-17(20)19-13-18(15-7-3-2-4-8-15)25(21(27)16-11-12-16)22-23-14-24-26(19)22/h2-10,14,16,18-19H,11-13H2,1H3/t18-,19-/m1/s1. The first-order valence-corrected chi connectivity index (χ1v) is 9.68. The molecular weight excluding hydrogens is 352 g/mol. The summed E-state index contributed by atoms with van der Waals surface area (Å²) in [6.45, 7) is 0. The number of hydrogen-bond donors (Lipinski definition) is 0. The number of hydrogen-bond acceptors (Lipinski definition) is 4. The maximum absolute atomic E-state index is 13.2. The lowest BCUT2D eigenvalue weighted by atomic mass is 9.91. The van der Waals surface area contributed by atoms with Crippen LogP contribution < -0.4 is 9.64 Å². The second-order valence-corrected chi connectivity index (χ2v) is 7.41. The second kappa shape index (κ2) is 6.78. The van der Waals surface area contributed by atoms with Crippen LogP contribution in [0.15, 0.2) is 60.9 Å². The minimum Gasteiger partial charge on any atom is -0.496 e. The Bertz CT molecular complexity index is 997. The lowest BCUT2D eigenvalue weighted by Gasteiger charge is -2.39. The molecule has 3 aromatic rings. The van der Waals surface area contributed by atoms with E-state index in [4.69, 9.17) is 4.74 Å². The molecule has 2 aromatic carbocycles. The van der Waals surface area contributed by atoms with Crippen LogP contribution >= 0.6 is 0 Å². The molecule has 1 fully saturated rings. The van der Waals surface area contributed by atoms with Gasteiger partial charge in [0.2, 0.25) is 11.9 Å². The molecule has 5 rings (SSSR count). The van der Waals surface area contributed by atoms with E-state index in [2.05, 4.69) is 28.3 Å². The van der Waals surface area contributed by atoms with E-state index < -0.39 is 0 Å². The molecule has 1 aliphatic carbocycles. The molecule has 0 unspecified atom stereocenters. The van der Waals surface area contributed by atoms with Gasteiger partial charge in [-0.1, -0.05) is 48.5 Å². The number of anilines is 1. The predicted molar refractivity (Wildman–Crippen MR) is 105 cm³/mol. The number of nitrogens with zero attached hydrogens (tertiary/aromatic N) is 4. The number of ether oxygens (including phenoxy) is 1. The smallest absolute Gasteiger partial charge is 0.233 e. The van der Waals surface area contributed by atoms with Crippen LogP contribution in [0.1, 0.15) is 42.5 Å². The zero-order chi connectivity index (χ0) is 19.1. The molecule has 1 aliphatic heterocycles. The Morgan fingerprint density at radius 1 is 1.04 bits per heavy atom. The third-order valence-corrected chi connectivity index (χ3v) is 5.67. The van der Waals surface area contributed by atoms with Crippen molar-refractivity contribution in [2.45, 2.75) is 31.3 Å². The summed E-state index contributed by atoms with van der Waals surface area (Å²) in [4.78, 5) is 19.6. The summed E-state index contributed by atoms with van der Waals surface area (Å²) < 4.78 is 7.48. The maximum Gasteiger partial charge on any atom is 0.233 e. The SMILES string of the molecule is COc1ccccc1[C@H]1C[C@H](c2ccccc2)N(C(=O)C2CC2)c2ncnn21. The van der Waals surface area contributed by atoms with Gasteiger partial charge in [0.1, 0.15) is 12.1 Å². The number of carbonyl (C=O) groups excluding carboxylic acids is 1. The predicted octanol–water partition coefficient (Wildman–Crippen LogP) is 3.76. The molecule has 0 saturated heterocycles. The third-order valence-electron chi connectivity index (χ3n) is 5.67. The van der Waals surface area contributed by atoms with Crippen molar-refractivity contribution in [3.8, 4) is 5.75 Å². The topological polar surface area (TPSA) is 60.2 Å². The van der Waals surface area contributed by atoms with E-state index in [0.29, 0.717) is 5.95 Å². The van der Waals surface area contributed by atoms with Gasteiger partial charge >= 0.3 is 0 Å². The Morgan fingerprint density at radius 2 is 1.79 bits per heavy atom. The molecule has 1 saturated carbocycles. The van der Waals surface area contributed by atoms with Crippen LogP contribution in [-0.4, -0.2) is 27.8 Å². The second-order valence-electron chi connectivity index (χ2n) is 7.41. The van der Waals surface area contributed by atoms with Gasteiger partial charge in [0.15, 0.2) is 0 Å². The van der Waals surface area contributed by atoms with Crippen molar-refractivity contribution in [3.05, 3.63) is 72.1 Å². The highest BCUT2D eigenvalue weighted by Gasteiger charge is 2.44. The highest BCUT2D eigenvalue weighted by molar-refractivity contribution is 5.96. The van der Waals surface area contributed by atoms with E-state index in [1.165, 1.54) is 6.33 Å². The number of benzene rings is 2. The van der Waals surface area contributed by atoms with E-state index in [-0.39, 0.29) is 23.9 Å². The van der Waals surface area contributed by atoms with E-state index in [9.17, 15) is 4.79 Å². The van der Waals surface area contributed by atoms with Crippen molar-refractivity contribution in [2.24, 2.45) is 5.92 Å². The van der Waals surface area contributed by atoms with Gasteiger partial charge in [0.25, 0.3) is 0 Å². The highest BCUT2D eigenvalue weighted by atomic mass is 16.5. The molecule has 0 spiro atoms. The normalized spacial score (nSPS) is 21.2. The van der Waals surface area contributed by atoms with Gasteiger partial charge < -0.3 is 4.74 Å². The molecule has 2 aliphatic rings. The molecule has 1 aromatic heterocycles. The average Bonchev–Trinajstić information content (AvgIpc) is 3.49. The van der Waals surface area contributed by atoms with E-state index >= 15 is 0 Å². The van der Waals surface area contributed by atoms with Crippen LogP contribution in [0.4, 0.5) is 5.95 Å². The van der Waals surface area contributed by atoms with Gasteiger partial charge in [-0.05, 0) is 30.9 Å². The summed E-state index contributed by atoms with van der Waals surface area (Å²) in [6, 6.07) is 18.1. The fourth-order valence-electron chi connectivity index (χ4n) is 4.13. The number of fused-ring (bicyclic) bond motifs is 1. The molecule has 6 nitrogen and oxygen atoms in total. The van der Waals surface area contributed by atoms with Gasteiger partial charge in [-0.15, -0.1) is 0 Å². The van der Waals surface area contributed by atoms with E-state index in [1.807, 2.05) is 46.0 Å². The minimum absolute atomic E-state index is 0.0536. The van der Waals surface area contributed by atoms with Crippen molar-refractivity contribution in [2.75, 3.05) is 12.0 Å². The summed E-state index contributed by atoms with van der Waals surface area (Å²) in [5, 5.41) is 4.49. The number of amides is 1. The summed E-state index contributed by atoms with van der Waals surface area (Å²) in [7, 11) is 1.68. The Kier molecular flexibility index (Phi) is 4.11. The van der Waals surface area contributed by atoms with Crippen molar-refractivity contribution in [1.29, 1.82) is 0 Å². The van der Waals surface area contributed by atoms with Crippen LogP contribution in [0.2, 0.25) is 0 Å². The van der Waals surface area contributed by atoms with Gasteiger partial charge in [-0.2, -0.15) is 10.1 Å². The maximum atomic E-state index is 13.2. The zero-order valence-electron chi connectivity index (χ0n) is 15.7. The molecule has 6 heteroatoms. The Morgan fingerprint density at radius 3 is 2.54 bits per heavy atom. The first-order chi connectivity index (χ1) is 13.8. The molecule has 28 heavy (non-hydrogen) atoms. The van der Waals surface area contributed by atoms with Crippen LogP contribution in [0, 0.1) is 5.92 Å². The number of rotatable bonds is 4. The fourth-order valence-corrected chi connectivity index (χ4v) is 4.13. The summed E-state index contributed by atoms with van der Waals surface area (Å²) in [5.41, 5.74) is 2.17.